The molecule has 1 aliphatic carbocycles. The maximum Gasteiger partial charge on any atom is 0.0960 e. The van der Waals surface area contributed by atoms with Gasteiger partial charge in [0.15, 0.2) is 0 Å². The molecule has 0 amide bonds. The van der Waals surface area contributed by atoms with E-state index in [0.717, 1.165) is 19.0 Å². The fraction of sp³-hybridized carbons (Fsp3) is 0.667. The summed E-state index contributed by atoms with van der Waals surface area (Å²) in [6.07, 6.45) is 5.25. The van der Waals surface area contributed by atoms with E-state index < -0.39 is 0 Å². The third-order valence-corrected chi connectivity index (χ3v) is 5.14. The summed E-state index contributed by atoms with van der Waals surface area (Å²) in [7, 11) is 0. The van der Waals surface area contributed by atoms with E-state index in [1.807, 2.05) is 0 Å². The number of hydrogen-bond acceptors (Lipinski definition) is 2. The highest BCUT2D eigenvalue weighted by Crippen LogP contribution is 2.40. The van der Waals surface area contributed by atoms with Crippen LogP contribution in [0.25, 0.3) is 0 Å². The third kappa shape index (κ3) is 2.77. The third-order valence-electron chi connectivity index (χ3n) is 5.14. The number of morpholine rings is 1. The monoisotopic (exact) mass is 273 g/mol. The summed E-state index contributed by atoms with van der Waals surface area (Å²) >= 11 is 0. The van der Waals surface area contributed by atoms with Crippen molar-refractivity contribution in [3.63, 3.8) is 0 Å². The normalized spacial score (nSPS) is 34.4. The highest BCUT2D eigenvalue weighted by atomic mass is 16.5. The van der Waals surface area contributed by atoms with Gasteiger partial charge in [0.05, 0.1) is 11.7 Å². The summed E-state index contributed by atoms with van der Waals surface area (Å²) in [5.74, 6) is 0.866. The molecular formula is C18H27NO. The zero-order chi connectivity index (χ0) is 14.2. The van der Waals surface area contributed by atoms with Gasteiger partial charge in [0.1, 0.15) is 0 Å². The van der Waals surface area contributed by atoms with Gasteiger partial charge in [-0.3, -0.25) is 0 Å². The predicted octanol–water partition coefficient (Wildman–Crippen LogP) is 3.91. The highest BCUT2D eigenvalue weighted by molar-refractivity contribution is 5.33. The highest BCUT2D eigenvalue weighted by Gasteiger charge is 2.40. The molecule has 0 bridgehead atoms. The van der Waals surface area contributed by atoms with Gasteiger partial charge in [-0.2, -0.15) is 0 Å². The topological polar surface area (TPSA) is 21.3 Å². The Hall–Kier alpha value is -0.860. The van der Waals surface area contributed by atoms with E-state index in [9.17, 15) is 0 Å². The fourth-order valence-electron chi connectivity index (χ4n) is 3.68. The van der Waals surface area contributed by atoms with Gasteiger partial charge < -0.3 is 10.1 Å². The van der Waals surface area contributed by atoms with Crippen molar-refractivity contribution in [2.24, 2.45) is 5.92 Å². The second-order valence-corrected chi connectivity index (χ2v) is 6.96. The Morgan fingerprint density at radius 3 is 2.70 bits per heavy atom. The van der Waals surface area contributed by atoms with E-state index in [-0.39, 0.29) is 11.7 Å². The number of nitrogens with one attached hydrogen (secondary N) is 1. The van der Waals surface area contributed by atoms with E-state index >= 15 is 0 Å². The molecule has 1 saturated carbocycles. The Balaban J connectivity index is 1.79. The Kier molecular flexibility index (Phi) is 3.87. The van der Waals surface area contributed by atoms with E-state index in [0.29, 0.717) is 0 Å². The van der Waals surface area contributed by atoms with Crippen LogP contribution < -0.4 is 5.32 Å². The minimum Gasteiger partial charge on any atom is -0.364 e. The maximum absolute atomic E-state index is 6.62. The molecule has 1 spiro atoms. The van der Waals surface area contributed by atoms with E-state index in [2.05, 4.69) is 44.3 Å². The molecule has 1 heterocycles. The van der Waals surface area contributed by atoms with Crippen LogP contribution in [-0.4, -0.2) is 18.7 Å². The van der Waals surface area contributed by atoms with E-state index in [1.165, 1.54) is 42.4 Å². The quantitative estimate of drug-likeness (QED) is 0.837. The molecule has 1 N–H and O–H groups in total. The van der Waals surface area contributed by atoms with Gasteiger partial charge in [-0.05, 0) is 56.6 Å². The van der Waals surface area contributed by atoms with Crippen molar-refractivity contribution in [3.8, 4) is 0 Å². The molecule has 3 rings (SSSR count). The van der Waals surface area contributed by atoms with Gasteiger partial charge in [-0.25, -0.2) is 0 Å². The minimum absolute atomic E-state index is 0.0889. The van der Waals surface area contributed by atoms with Gasteiger partial charge >= 0.3 is 0 Å². The molecular weight excluding hydrogens is 246 g/mol. The molecule has 1 atom stereocenters. The van der Waals surface area contributed by atoms with Crippen LogP contribution in [0.1, 0.15) is 55.4 Å². The van der Waals surface area contributed by atoms with Gasteiger partial charge in [0.25, 0.3) is 0 Å². The summed E-state index contributed by atoms with van der Waals surface area (Å²) in [4.78, 5) is 0. The van der Waals surface area contributed by atoms with Crippen LogP contribution in [0, 0.1) is 19.8 Å². The molecule has 1 aromatic carbocycles. The van der Waals surface area contributed by atoms with Crippen LogP contribution in [0.2, 0.25) is 0 Å². The number of ether oxygens (including phenoxy) is 1. The second-order valence-electron chi connectivity index (χ2n) is 6.96. The molecule has 0 radical (unpaired) electrons. The smallest absolute Gasteiger partial charge is 0.0960 e. The first kappa shape index (κ1) is 14.1. The Labute approximate surface area is 122 Å². The lowest BCUT2D eigenvalue weighted by molar-refractivity contribution is -0.140. The first-order chi connectivity index (χ1) is 9.58. The summed E-state index contributed by atoms with van der Waals surface area (Å²) in [6.45, 7) is 8.70. The number of benzene rings is 1. The summed E-state index contributed by atoms with van der Waals surface area (Å²) in [5.41, 5.74) is 4.14. The molecule has 1 unspecified atom stereocenters. The molecule has 1 aliphatic heterocycles. The van der Waals surface area contributed by atoms with E-state index in [4.69, 9.17) is 4.74 Å². The predicted molar refractivity (Wildman–Crippen MR) is 83.0 cm³/mol. The van der Waals surface area contributed by atoms with Crippen molar-refractivity contribution in [1.82, 2.24) is 5.32 Å². The summed E-state index contributed by atoms with van der Waals surface area (Å²) in [6, 6.07) is 6.71. The van der Waals surface area contributed by atoms with Crippen molar-refractivity contribution >= 4 is 0 Å². The fourth-order valence-corrected chi connectivity index (χ4v) is 3.68. The Bertz CT molecular complexity index is 474. The van der Waals surface area contributed by atoms with Gasteiger partial charge in [-0.1, -0.05) is 30.7 Å². The molecule has 2 fully saturated rings. The van der Waals surface area contributed by atoms with Crippen LogP contribution in [0.4, 0.5) is 0 Å². The van der Waals surface area contributed by atoms with Crippen molar-refractivity contribution in [3.05, 3.63) is 34.9 Å². The summed E-state index contributed by atoms with van der Waals surface area (Å²) in [5, 5.41) is 3.63. The van der Waals surface area contributed by atoms with Crippen LogP contribution in [0.3, 0.4) is 0 Å². The molecule has 1 saturated heterocycles. The van der Waals surface area contributed by atoms with Gasteiger partial charge in [0.2, 0.25) is 0 Å². The van der Waals surface area contributed by atoms with Crippen molar-refractivity contribution < 1.29 is 4.74 Å². The van der Waals surface area contributed by atoms with Crippen molar-refractivity contribution in [2.75, 3.05) is 13.1 Å². The van der Waals surface area contributed by atoms with Crippen LogP contribution in [-0.2, 0) is 4.74 Å². The van der Waals surface area contributed by atoms with Gasteiger partial charge in [0, 0.05) is 13.1 Å². The van der Waals surface area contributed by atoms with Crippen LogP contribution in [0.5, 0.6) is 0 Å². The molecule has 0 aromatic heterocycles. The zero-order valence-corrected chi connectivity index (χ0v) is 13.0. The molecule has 2 nitrogen and oxygen atoms in total. The zero-order valence-electron chi connectivity index (χ0n) is 13.0. The van der Waals surface area contributed by atoms with Crippen molar-refractivity contribution in [1.29, 1.82) is 0 Å². The largest absolute Gasteiger partial charge is 0.364 e. The van der Waals surface area contributed by atoms with Gasteiger partial charge in [-0.15, -0.1) is 0 Å². The SMILES string of the molecule is Cc1ccc(C)c(C2CNCC3(CCC(C)CC3)O2)c1. The number of aryl methyl sites for hydroxylation is 2. The lowest BCUT2D eigenvalue weighted by Crippen LogP contribution is -2.52. The minimum atomic E-state index is 0.0889. The second kappa shape index (κ2) is 5.50. The van der Waals surface area contributed by atoms with Crippen LogP contribution in [0.15, 0.2) is 18.2 Å². The molecule has 2 heteroatoms. The molecule has 110 valence electrons. The Morgan fingerprint density at radius 1 is 1.20 bits per heavy atom. The molecule has 2 aliphatic rings. The molecule has 1 aromatic rings. The average Bonchev–Trinajstić information content (AvgIpc) is 2.45. The average molecular weight is 273 g/mol. The standard InChI is InChI=1S/C18H27NO/c1-13-6-8-18(9-7-13)12-19-11-17(20-18)16-10-14(2)4-5-15(16)3/h4-5,10,13,17,19H,6-9,11-12H2,1-3H3. The number of hydrogen-bond donors (Lipinski definition) is 1. The van der Waals surface area contributed by atoms with Crippen molar-refractivity contribution in [2.45, 2.75) is 58.2 Å². The maximum atomic E-state index is 6.62. The van der Waals surface area contributed by atoms with E-state index in [1.54, 1.807) is 0 Å². The summed E-state index contributed by atoms with van der Waals surface area (Å²) < 4.78 is 6.62. The lowest BCUT2D eigenvalue weighted by Gasteiger charge is -2.45. The lowest BCUT2D eigenvalue weighted by atomic mass is 9.78. The Morgan fingerprint density at radius 2 is 1.95 bits per heavy atom. The molecule has 20 heavy (non-hydrogen) atoms. The first-order valence-electron chi connectivity index (χ1n) is 8.04. The number of rotatable bonds is 1. The van der Waals surface area contributed by atoms with Crippen LogP contribution >= 0.6 is 0 Å². The first-order valence-corrected chi connectivity index (χ1v) is 8.04.